The molecule has 5 nitrogen and oxygen atoms in total. The van der Waals surface area contributed by atoms with Crippen LogP contribution in [0.2, 0.25) is 0 Å². The highest BCUT2D eigenvalue weighted by molar-refractivity contribution is 8.04. The number of nitrogens with one attached hydrogen (secondary N) is 1. The Morgan fingerprint density at radius 1 is 1.27 bits per heavy atom. The molecule has 0 saturated carbocycles. The Morgan fingerprint density at radius 2 is 1.87 bits per heavy atom. The zero-order valence-corrected chi connectivity index (χ0v) is 8.83. The number of carbonyl (C=O) groups excluding carboxylic acids is 1. The van der Waals surface area contributed by atoms with Crippen LogP contribution in [-0.2, 0) is 16.4 Å². The molecule has 0 aromatic heterocycles. The van der Waals surface area contributed by atoms with Crippen LogP contribution in [0.5, 0.6) is 0 Å². The average Bonchev–Trinajstić information content (AvgIpc) is 2.19. The Bertz CT molecular complexity index is 428. The van der Waals surface area contributed by atoms with Gasteiger partial charge in [0.2, 0.25) is 0 Å². The molecule has 1 amide bonds. The Hall–Kier alpha value is -1.40. The van der Waals surface area contributed by atoms with E-state index in [0.29, 0.717) is 6.42 Å². The van der Waals surface area contributed by atoms with Crippen LogP contribution in [0.1, 0.15) is 5.56 Å². The van der Waals surface area contributed by atoms with E-state index in [1.807, 2.05) is 30.3 Å². The number of amides is 1. The van der Waals surface area contributed by atoms with E-state index < -0.39 is 15.3 Å². The monoisotopic (exact) mass is 228 g/mol. The molecule has 0 aliphatic carbocycles. The molecule has 0 aliphatic rings. The molecule has 6 heteroatoms. The number of benzene rings is 1. The fraction of sp³-hybridized carbons (Fsp3) is 0.222. The maximum atomic E-state index is 10.9. The number of hydrogen-bond acceptors (Lipinski definition) is 3. The van der Waals surface area contributed by atoms with Gasteiger partial charge in [-0.3, -0.25) is 4.79 Å². The quantitative estimate of drug-likeness (QED) is 0.772. The molecule has 0 fully saturated rings. The van der Waals surface area contributed by atoms with Crippen LogP contribution in [0, 0.1) is 0 Å². The zero-order chi connectivity index (χ0) is 11.3. The lowest BCUT2D eigenvalue weighted by Gasteiger charge is -2.02. The summed E-state index contributed by atoms with van der Waals surface area (Å²) < 4.78 is 24.0. The average molecular weight is 228 g/mol. The molecule has 0 unspecified atom stereocenters. The predicted molar refractivity (Wildman–Crippen MR) is 56.7 cm³/mol. The second-order valence-electron chi connectivity index (χ2n) is 2.95. The van der Waals surface area contributed by atoms with E-state index in [1.54, 1.807) is 0 Å². The highest BCUT2D eigenvalue weighted by Crippen LogP contribution is 1.98. The SMILES string of the molecule is NC(=O)S(=O)(=O)NCCc1ccccc1. The van der Waals surface area contributed by atoms with Gasteiger partial charge in [-0.05, 0) is 12.0 Å². The predicted octanol–water partition coefficient (Wildman–Crippen LogP) is 0.227. The van der Waals surface area contributed by atoms with Gasteiger partial charge in [-0.1, -0.05) is 30.3 Å². The highest BCUT2D eigenvalue weighted by Gasteiger charge is 2.16. The molecule has 0 spiro atoms. The van der Waals surface area contributed by atoms with Crippen molar-refractivity contribution in [2.45, 2.75) is 6.42 Å². The fourth-order valence-corrected chi connectivity index (χ4v) is 1.56. The van der Waals surface area contributed by atoms with Crippen LogP contribution in [0.25, 0.3) is 0 Å². The van der Waals surface area contributed by atoms with Crippen molar-refractivity contribution in [3.63, 3.8) is 0 Å². The van der Waals surface area contributed by atoms with Gasteiger partial charge in [0, 0.05) is 6.54 Å². The number of nitrogens with two attached hydrogens (primary N) is 1. The van der Waals surface area contributed by atoms with E-state index in [1.165, 1.54) is 0 Å². The molecule has 0 radical (unpaired) electrons. The Balaban J connectivity index is 2.44. The molecular formula is C9H12N2O3S. The summed E-state index contributed by atoms with van der Waals surface area (Å²) in [5, 5.41) is -1.35. The van der Waals surface area contributed by atoms with Crippen LogP contribution in [0.15, 0.2) is 30.3 Å². The lowest BCUT2D eigenvalue weighted by molar-refractivity contribution is 0.265. The zero-order valence-electron chi connectivity index (χ0n) is 8.01. The number of hydrogen-bond donors (Lipinski definition) is 2. The first-order valence-electron chi connectivity index (χ1n) is 4.35. The standard InChI is InChI=1S/C9H12N2O3S/c10-9(12)15(13,14)11-7-6-8-4-2-1-3-5-8/h1-5,11H,6-7H2,(H2,10,12). The van der Waals surface area contributed by atoms with Crippen molar-refractivity contribution in [2.24, 2.45) is 5.73 Å². The van der Waals surface area contributed by atoms with Crippen molar-refractivity contribution in [2.75, 3.05) is 6.54 Å². The van der Waals surface area contributed by atoms with E-state index in [0.717, 1.165) is 5.56 Å². The molecule has 0 saturated heterocycles. The largest absolute Gasteiger partial charge is 0.355 e. The second-order valence-corrected chi connectivity index (χ2v) is 4.65. The first-order chi connectivity index (χ1) is 7.02. The number of sulfonamides is 1. The van der Waals surface area contributed by atoms with Gasteiger partial charge in [-0.15, -0.1) is 0 Å². The summed E-state index contributed by atoms with van der Waals surface area (Å²) in [5.41, 5.74) is 5.65. The molecule has 1 rings (SSSR count). The maximum Gasteiger partial charge on any atom is 0.349 e. The topological polar surface area (TPSA) is 89.3 Å². The lowest BCUT2D eigenvalue weighted by Crippen LogP contribution is -2.35. The summed E-state index contributed by atoms with van der Waals surface area (Å²) in [5.74, 6) is 0. The van der Waals surface area contributed by atoms with Gasteiger partial charge in [0.25, 0.3) is 10.0 Å². The summed E-state index contributed by atoms with van der Waals surface area (Å²) >= 11 is 0. The summed E-state index contributed by atoms with van der Waals surface area (Å²) in [6.45, 7) is 0.162. The van der Waals surface area contributed by atoms with E-state index >= 15 is 0 Å². The van der Waals surface area contributed by atoms with E-state index in [-0.39, 0.29) is 6.54 Å². The summed E-state index contributed by atoms with van der Waals surface area (Å²) in [7, 11) is -3.98. The van der Waals surface area contributed by atoms with E-state index in [4.69, 9.17) is 0 Å². The van der Waals surface area contributed by atoms with Gasteiger partial charge < -0.3 is 5.73 Å². The summed E-state index contributed by atoms with van der Waals surface area (Å²) in [6.07, 6.45) is 0.521. The summed E-state index contributed by atoms with van der Waals surface area (Å²) in [4.78, 5) is 10.4. The molecule has 82 valence electrons. The molecule has 3 N–H and O–H groups in total. The fourth-order valence-electron chi connectivity index (χ4n) is 1.05. The van der Waals surface area contributed by atoms with E-state index in [2.05, 4.69) is 10.5 Å². The van der Waals surface area contributed by atoms with Crippen molar-refractivity contribution >= 4 is 15.3 Å². The minimum absolute atomic E-state index is 0.162. The first kappa shape index (κ1) is 11.7. The minimum atomic E-state index is -3.98. The third-order valence-corrected chi connectivity index (χ3v) is 2.93. The molecule has 1 aromatic rings. The van der Waals surface area contributed by atoms with Crippen LogP contribution < -0.4 is 10.5 Å². The number of primary amides is 1. The Morgan fingerprint density at radius 3 is 2.40 bits per heavy atom. The molecule has 15 heavy (non-hydrogen) atoms. The number of rotatable bonds is 4. The Kier molecular flexibility index (Phi) is 3.81. The van der Waals surface area contributed by atoms with Crippen LogP contribution in [-0.4, -0.2) is 20.2 Å². The van der Waals surface area contributed by atoms with Crippen molar-refractivity contribution in [3.05, 3.63) is 35.9 Å². The molecular weight excluding hydrogens is 216 g/mol. The van der Waals surface area contributed by atoms with Crippen LogP contribution in [0.3, 0.4) is 0 Å². The first-order valence-corrected chi connectivity index (χ1v) is 5.84. The smallest absolute Gasteiger partial charge is 0.349 e. The molecule has 1 aromatic carbocycles. The van der Waals surface area contributed by atoms with Gasteiger partial charge in [-0.2, -0.15) is 0 Å². The highest BCUT2D eigenvalue weighted by atomic mass is 32.2. The molecule has 0 aliphatic heterocycles. The van der Waals surface area contributed by atoms with Gasteiger partial charge >= 0.3 is 5.24 Å². The van der Waals surface area contributed by atoms with Crippen molar-refractivity contribution in [1.82, 2.24) is 4.72 Å². The lowest BCUT2D eigenvalue weighted by atomic mass is 10.2. The van der Waals surface area contributed by atoms with E-state index in [9.17, 15) is 13.2 Å². The van der Waals surface area contributed by atoms with Crippen molar-refractivity contribution in [1.29, 1.82) is 0 Å². The van der Waals surface area contributed by atoms with Gasteiger partial charge in [-0.25, -0.2) is 13.1 Å². The Labute approximate surface area is 88.3 Å². The summed E-state index contributed by atoms with van der Waals surface area (Å²) in [6, 6.07) is 9.34. The van der Waals surface area contributed by atoms with Gasteiger partial charge in [0.1, 0.15) is 0 Å². The van der Waals surface area contributed by atoms with Crippen molar-refractivity contribution in [3.8, 4) is 0 Å². The van der Waals surface area contributed by atoms with Crippen LogP contribution >= 0.6 is 0 Å². The molecule has 0 atom stereocenters. The molecule has 0 bridgehead atoms. The minimum Gasteiger partial charge on any atom is -0.355 e. The maximum absolute atomic E-state index is 10.9. The third-order valence-electron chi connectivity index (χ3n) is 1.81. The van der Waals surface area contributed by atoms with Crippen LogP contribution in [0.4, 0.5) is 4.79 Å². The second kappa shape index (κ2) is 4.90. The normalized spacial score (nSPS) is 11.2. The van der Waals surface area contributed by atoms with Gasteiger partial charge in [0.05, 0.1) is 0 Å². The van der Waals surface area contributed by atoms with Gasteiger partial charge in [0.15, 0.2) is 0 Å². The number of carbonyl (C=O) groups is 1. The van der Waals surface area contributed by atoms with Crippen molar-refractivity contribution < 1.29 is 13.2 Å². The third kappa shape index (κ3) is 3.69. The molecule has 0 heterocycles.